The van der Waals surface area contributed by atoms with Crippen molar-refractivity contribution in [1.82, 2.24) is 0 Å². The maximum Gasteiger partial charge on any atom is 0.311 e. The summed E-state index contributed by atoms with van der Waals surface area (Å²) in [5, 5.41) is 2.35. The lowest BCUT2D eigenvalue weighted by Crippen LogP contribution is -2.34. The molecule has 0 heterocycles. The molecule has 2 aromatic carbocycles. The quantitative estimate of drug-likeness (QED) is 0.392. The molecule has 0 spiro atoms. The summed E-state index contributed by atoms with van der Waals surface area (Å²) in [5.41, 5.74) is -0.363. The Morgan fingerprint density at radius 1 is 0.893 bits per heavy atom. The van der Waals surface area contributed by atoms with E-state index in [0.29, 0.717) is 19.8 Å². The normalized spacial score (nSPS) is 13.9. The van der Waals surface area contributed by atoms with Crippen LogP contribution in [0, 0.1) is 10.8 Å². The Hall–Kier alpha value is -2.07. The maximum atomic E-state index is 12.5. The van der Waals surface area contributed by atoms with E-state index in [4.69, 9.17) is 14.2 Å². The molecule has 2 rings (SSSR count). The minimum absolute atomic E-state index is 0.0837. The third-order valence-electron chi connectivity index (χ3n) is 4.87. The van der Waals surface area contributed by atoms with Crippen molar-refractivity contribution < 1.29 is 19.0 Å². The number of rotatable bonds is 10. The highest BCUT2D eigenvalue weighted by molar-refractivity contribution is 5.83. The zero-order chi connectivity index (χ0) is 20.6. The van der Waals surface area contributed by atoms with Gasteiger partial charge in [0.05, 0.1) is 18.6 Å². The zero-order valence-electron chi connectivity index (χ0n) is 17.9. The summed E-state index contributed by atoms with van der Waals surface area (Å²) in [6.45, 7) is 12.0. The smallest absolute Gasteiger partial charge is 0.311 e. The Morgan fingerprint density at radius 2 is 1.57 bits per heavy atom. The summed E-state index contributed by atoms with van der Waals surface area (Å²) in [7, 11) is 0. The number of esters is 1. The Kier molecular flexibility index (Phi) is 7.88. The first-order chi connectivity index (χ1) is 13.2. The van der Waals surface area contributed by atoms with Gasteiger partial charge in [-0.2, -0.15) is 0 Å². The van der Waals surface area contributed by atoms with Gasteiger partial charge in [-0.1, -0.05) is 58.0 Å². The van der Waals surface area contributed by atoms with Crippen LogP contribution in [0.1, 0.15) is 47.5 Å². The molecule has 4 nitrogen and oxygen atoms in total. The first kappa shape index (κ1) is 22.2. The molecule has 4 heteroatoms. The lowest BCUT2D eigenvalue weighted by atomic mass is 9.73. The van der Waals surface area contributed by atoms with Crippen LogP contribution in [0.5, 0.6) is 5.75 Å². The second-order valence-corrected chi connectivity index (χ2v) is 8.76. The Balaban J connectivity index is 1.65. The Morgan fingerprint density at radius 3 is 2.25 bits per heavy atom. The molecular formula is C24H34O4. The van der Waals surface area contributed by atoms with Gasteiger partial charge in [0.2, 0.25) is 0 Å². The highest BCUT2D eigenvalue weighted by atomic mass is 16.6. The van der Waals surface area contributed by atoms with E-state index in [0.717, 1.165) is 24.0 Å². The van der Waals surface area contributed by atoms with E-state index in [-0.39, 0.29) is 18.0 Å². The van der Waals surface area contributed by atoms with Gasteiger partial charge >= 0.3 is 5.97 Å². The average Bonchev–Trinajstić information content (AvgIpc) is 2.65. The van der Waals surface area contributed by atoms with Crippen LogP contribution in [0.3, 0.4) is 0 Å². The van der Waals surface area contributed by atoms with Crippen LogP contribution in [0.4, 0.5) is 0 Å². The molecule has 0 saturated heterocycles. The number of benzene rings is 2. The van der Waals surface area contributed by atoms with Gasteiger partial charge < -0.3 is 14.2 Å². The van der Waals surface area contributed by atoms with Gasteiger partial charge in [-0.05, 0) is 48.1 Å². The number of ether oxygens (including phenoxy) is 3. The Labute approximate surface area is 169 Å². The van der Waals surface area contributed by atoms with Gasteiger partial charge in [0.15, 0.2) is 0 Å². The molecule has 0 aliphatic rings. The van der Waals surface area contributed by atoms with Crippen LogP contribution in [-0.2, 0) is 14.3 Å². The fourth-order valence-corrected chi connectivity index (χ4v) is 3.46. The van der Waals surface area contributed by atoms with Gasteiger partial charge in [0.25, 0.3) is 0 Å². The lowest BCUT2D eigenvalue weighted by molar-refractivity contribution is -0.158. The van der Waals surface area contributed by atoms with Crippen LogP contribution >= 0.6 is 0 Å². The van der Waals surface area contributed by atoms with E-state index >= 15 is 0 Å². The molecule has 1 atom stereocenters. The third-order valence-corrected chi connectivity index (χ3v) is 4.87. The second-order valence-electron chi connectivity index (χ2n) is 8.76. The molecule has 0 amide bonds. The first-order valence-corrected chi connectivity index (χ1v) is 10.1. The standard InChI is InChI=1S/C24H34O4/c1-6-24(5,18-23(2,3)4)22(25)28-16-14-26-13-15-27-21-12-11-19-9-7-8-10-20(19)17-21/h7-12,17H,6,13-16,18H2,1-5H3. The van der Waals surface area contributed by atoms with Gasteiger partial charge in [-0.3, -0.25) is 4.79 Å². The highest BCUT2D eigenvalue weighted by Crippen LogP contribution is 2.37. The van der Waals surface area contributed by atoms with Crippen molar-refractivity contribution in [1.29, 1.82) is 0 Å². The molecule has 0 bridgehead atoms. The van der Waals surface area contributed by atoms with Crippen molar-refractivity contribution in [3.05, 3.63) is 42.5 Å². The van der Waals surface area contributed by atoms with Crippen molar-refractivity contribution >= 4 is 16.7 Å². The fraction of sp³-hybridized carbons (Fsp3) is 0.542. The van der Waals surface area contributed by atoms with E-state index in [1.807, 2.05) is 44.2 Å². The van der Waals surface area contributed by atoms with E-state index in [9.17, 15) is 4.79 Å². The molecule has 0 N–H and O–H groups in total. The van der Waals surface area contributed by atoms with Crippen molar-refractivity contribution in [2.24, 2.45) is 10.8 Å². The number of hydrogen-bond acceptors (Lipinski definition) is 4. The third kappa shape index (κ3) is 6.83. The predicted octanol–water partition coefficient (Wildman–Crippen LogP) is 5.63. The summed E-state index contributed by atoms with van der Waals surface area (Å²) in [6, 6.07) is 14.2. The molecule has 0 aliphatic heterocycles. The van der Waals surface area contributed by atoms with Crippen molar-refractivity contribution in [2.75, 3.05) is 26.4 Å². The van der Waals surface area contributed by atoms with Gasteiger partial charge in [-0.25, -0.2) is 0 Å². The molecule has 1 unspecified atom stereocenters. The van der Waals surface area contributed by atoms with Crippen molar-refractivity contribution in [3.63, 3.8) is 0 Å². The van der Waals surface area contributed by atoms with E-state index in [1.165, 1.54) is 5.39 Å². The second kappa shape index (κ2) is 9.92. The van der Waals surface area contributed by atoms with Crippen LogP contribution in [0.2, 0.25) is 0 Å². The zero-order valence-corrected chi connectivity index (χ0v) is 17.9. The van der Waals surface area contributed by atoms with Crippen LogP contribution < -0.4 is 4.74 Å². The monoisotopic (exact) mass is 386 g/mol. The van der Waals surface area contributed by atoms with E-state index < -0.39 is 5.41 Å². The minimum Gasteiger partial charge on any atom is -0.491 e. The average molecular weight is 387 g/mol. The fourth-order valence-electron chi connectivity index (χ4n) is 3.46. The van der Waals surface area contributed by atoms with E-state index in [1.54, 1.807) is 0 Å². The topological polar surface area (TPSA) is 44.8 Å². The largest absolute Gasteiger partial charge is 0.491 e. The summed E-state index contributed by atoms with van der Waals surface area (Å²) < 4.78 is 16.7. The first-order valence-electron chi connectivity index (χ1n) is 10.1. The van der Waals surface area contributed by atoms with Crippen molar-refractivity contribution in [3.8, 4) is 5.75 Å². The molecular weight excluding hydrogens is 352 g/mol. The lowest BCUT2D eigenvalue weighted by Gasteiger charge is -2.32. The molecule has 0 aliphatic carbocycles. The van der Waals surface area contributed by atoms with Gasteiger partial charge in [-0.15, -0.1) is 0 Å². The Bertz CT molecular complexity index is 763. The molecule has 0 aromatic heterocycles. The summed E-state index contributed by atoms with van der Waals surface area (Å²) in [5.74, 6) is 0.690. The van der Waals surface area contributed by atoms with Gasteiger partial charge in [0.1, 0.15) is 19.0 Å². The summed E-state index contributed by atoms with van der Waals surface area (Å²) in [4.78, 5) is 12.5. The predicted molar refractivity (Wildman–Crippen MR) is 114 cm³/mol. The molecule has 0 fully saturated rings. The van der Waals surface area contributed by atoms with Gasteiger partial charge in [0, 0.05) is 0 Å². The van der Waals surface area contributed by atoms with E-state index in [2.05, 4.69) is 32.9 Å². The summed E-state index contributed by atoms with van der Waals surface area (Å²) in [6.07, 6.45) is 1.57. The molecule has 154 valence electrons. The van der Waals surface area contributed by atoms with Crippen LogP contribution in [0.15, 0.2) is 42.5 Å². The summed E-state index contributed by atoms with van der Waals surface area (Å²) >= 11 is 0. The minimum atomic E-state index is -0.447. The van der Waals surface area contributed by atoms with Crippen molar-refractivity contribution in [2.45, 2.75) is 47.5 Å². The molecule has 0 saturated carbocycles. The number of fused-ring (bicyclic) bond motifs is 1. The molecule has 0 radical (unpaired) electrons. The molecule has 28 heavy (non-hydrogen) atoms. The van der Waals surface area contributed by atoms with Crippen LogP contribution in [-0.4, -0.2) is 32.4 Å². The number of carbonyl (C=O) groups excluding carboxylic acids is 1. The molecule has 2 aromatic rings. The maximum absolute atomic E-state index is 12.5. The van der Waals surface area contributed by atoms with Crippen LogP contribution in [0.25, 0.3) is 10.8 Å². The highest BCUT2D eigenvalue weighted by Gasteiger charge is 2.36. The SMILES string of the molecule is CCC(C)(CC(C)(C)C)C(=O)OCCOCCOc1ccc2ccccc2c1. The number of carbonyl (C=O) groups is 1. The number of hydrogen-bond donors (Lipinski definition) is 0.